The quantitative estimate of drug-likeness (QED) is 0.628. The number of amides is 1. The molecule has 2 heterocycles. The second-order valence-corrected chi connectivity index (χ2v) is 7.44. The Morgan fingerprint density at radius 3 is 2.62 bits per heavy atom. The lowest BCUT2D eigenvalue weighted by molar-refractivity contribution is -0.171. The zero-order valence-electron chi connectivity index (χ0n) is 14.9. The van der Waals surface area contributed by atoms with Gasteiger partial charge in [0.2, 0.25) is 6.79 Å². The second kappa shape index (κ2) is 5.69. The Hall–Kier alpha value is -2.24. The normalized spacial score (nSPS) is 20.5. The Labute approximate surface area is 142 Å². The van der Waals surface area contributed by atoms with E-state index < -0.39 is 0 Å². The van der Waals surface area contributed by atoms with Gasteiger partial charge in [0, 0.05) is 23.1 Å². The zero-order chi connectivity index (χ0) is 17.5. The van der Waals surface area contributed by atoms with Crippen molar-refractivity contribution < 1.29 is 19.1 Å². The molecule has 0 spiro atoms. The van der Waals surface area contributed by atoms with Crippen LogP contribution < -0.4 is 9.47 Å². The van der Waals surface area contributed by atoms with Crippen molar-refractivity contribution in [1.82, 2.24) is 4.90 Å². The second-order valence-electron chi connectivity index (χ2n) is 7.44. The number of oxime groups is 1. The first-order valence-corrected chi connectivity index (χ1v) is 8.09. The van der Waals surface area contributed by atoms with E-state index >= 15 is 0 Å². The molecule has 2 aliphatic rings. The van der Waals surface area contributed by atoms with Gasteiger partial charge in [-0.2, -0.15) is 0 Å². The van der Waals surface area contributed by atoms with E-state index in [4.69, 9.17) is 14.3 Å². The molecule has 1 amide bonds. The third kappa shape index (κ3) is 2.70. The van der Waals surface area contributed by atoms with Crippen LogP contribution in [0.3, 0.4) is 0 Å². The average Bonchev–Trinajstić information content (AvgIpc) is 2.99. The van der Waals surface area contributed by atoms with Gasteiger partial charge in [0.15, 0.2) is 18.1 Å². The van der Waals surface area contributed by atoms with Crippen LogP contribution in [0.5, 0.6) is 11.5 Å². The lowest BCUT2D eigenvalue weighted by Gasteiger charge is -2.61. The molecular weight excluding hydrogens is 308 g/mol. The maximum absolute atomic E-state index is 12.3. The number of carbonyl (C=O) groups is 1. The maximum Gasteiger partial charge on any atom is 0.263 e. The molecule has 3 rings (SSSR count). The molecular formula is C18H24N2O4. The molecule has 1 fully saturated rings. The highest BCUT2D eigenvalue weighted by Crippen LogP contribution is 2.46. The van der Waals surface area contributed by atoms with Crippen molar-refractivity contribution in [2.45, 2.75) is 40.2 Å². The maximum atomic E-state index is 12.3. The monoisotopic (exact) mass is 332 g/mol. The number of nitrogens with zero attached hydrogens (tertiary/aromatic N) is 2. The van der Waals surface area contributed by atoms with Crippen molar-refractivity contribution in [3.8, 4) is 11.5 Å². The number of hydrogen-bond donors (Lipinski definition) is 0. The molecule has 6 nitrogen and oxygen atoms in total. The van der Waals surface area contributed by atoms with Gasteiger partial charge in [0.25, 0.3) is 5.91 Å². The topological polar surface area (TPSA) is 60.4 Å². The lowest BCUT2D eigenvalue weighted by Crippen LogP contribution is -2.71. The van der Waals surface area contributed by atoms with Gasteiger partial charge < -0.3 is 19.2 Å². The molecule has 0 aromatic heterocycles. The van der Waals surface area contributed by atoms with Crippen molar-refractivity contribution in [3.05, 3.63) is 23.8 Å². The fourth-order valence-corrected chi connectivity index (χ4v) is 2.90. The van der Waals surface area contributed by atoms with Crippen molar-refractivity contribution in [2.75, 3.05) is 19.9 Å². The van der Waals surface area contributed by atoms with Crippen LogP contribution in [0.2, 0.25) is 0 Å². The standard InChI is InChI=1S/C18H24N2O4/c1-12(13-6-7-14-15(8-13)23-11-22-14)19-24-9-16(21)20-10-17(2,3)18(20,4)5/h6-8H,9-11H2,1-5H3/b19-12-. The largest absolute Gasteiger partial charge is 0.454 e. The fraction of sp³-hybridized carbons (Fsp3) is 0.556. The highest BCUT2D eigenvalue weighted by molar-refractivity contribution is 5.99. The number of hydrogen-bond acceptors (Lipinski definition) is 5. The molecule has 24 heavy (non-hydrogen) atoms. The molecule has 2 aliphatic heterocycles. The summed E-state index contributed by atoms with van der Waals surface area (Å²) in [5, 5.41) is 4.06. The number of benzene rings is 1. The average molecular weight is 332 g/mol. The first-order valence-electron chi connectivity index (χ1n) is 8.09. The SMILES string of the molecule is C/C(=N/OCC(=O)N1CC(C)(C)C1(C)C)c1ccc2c(c1)OCO2. The first kappa shape index (κ1) is 16.6. The van der Waals surface area contributed by atoms with E-state index in [1.165, 1.54) is 0 Å². The fourth-order valence-electron chi connectivity index (χ4n) is 2.90. The molecule has 0 unspecified atom stereocenters. The van der Waals surface area contributed by atoms with E-state index in [0.29, 0.717) is 11.5 Å². The molecule has 0 aliphatic carbocycles. The molecule has 1 saturated heterocycles. The molecule has 0 bridgehead atoms. The molecule has 1 aromatic rings. The summed E-state index contributed by atoms with van der Waals surface area (Å²) < 4.78 is 10.6. The van der Waals surface area contributed by atoms with E-state index in [9.17, 15) is 4.79 Å². The molecule has 0 radical (unpaired) electrons. The number of carbonyl (C=O) groups excluding carboxylic acids is 1. The first-order chi connectivity index (χ1) is 11.2. The van der Waals surface area contributed by atoms with Gasteiger partial charge in [-0.1, -0.05) is 19.0 Å². The van der Waals surface area contributed by atoms with Crippen molar-refractivity contribution in [3.63, 3.8) is 0 Å². The van der Waals surface area contributed by atoms with Gasteiger partial charge in [0.05, 0.1) is 5.71 Å². The van der Waals surface area contributed by atoms with Crippen LogP contribution in [0.25, 0.3) is 0 Å². The third-order valence-electron chi connectivity index (χ3n) is 5.37. The molecule has 1 aromatic carbocycles. The summed E-state index contributed by atoms with van der Waals surface area (Å²) in [7, 11) is 0. The van der Waals surface area contributed by atoms with E-state index in [2.05, 4.69) is 32.9 Å². The Balaban J connectivity index is 1.57. The highest BCUT2D eigenvalue weighted by atomic mass is 16.7. The zero-order valence-corrected chi connectivity index (χ0v) is 14.9. The predicted molar refractivity (Wildman–Crippen MR) is 90.3 cm³/mol. The summed E-state index contributed by atoms with van der Waals surface area (Å²) in [6.45, 7) is 11.2. The van der Waals surface area contributed by atoms with Gasteiger partial charge in [-0.05, 0) is 39.0 Å². The predicted octanol–water partition coefficient (Wildman–Crippen LogP) is 2.80. The molecule has 130 valence electrons. The van der Waals surface area contributed by atoms with Crippen LogP contribution >= 0.6 is 0 Å². The Morgan fingerprint density at radius 2 is 1.96 bits per heavy atom. The Morgan fingerprint density at radius 1 is 1.25 bits per heavy atom. The van der Waals surface area contributed by atoms with Crippen LogP contribution in [0.15, 0.2) is 23.4 Å². The minimum Gasteiger partial charge on any atom is -0.454 e. The van der Waals surface area contributed by atoms with Crippen molar-refractivity contribution in [1.29, 1.82) is 0 Å². The number of rotatable bonds is 4. The van der Waals surface area contributed by atoms with Gasteiger partial charge in [-0.15, -0.1) is 0 Å². The minimum absolute atomic E-state index is 0.0402. The van der Waals surface area contributed by atoms with Gasteiger partial charge in [-0.25, -0.2) is 0 Å². The van der Waals surface area contributed by atoms with Gasteiger partial charge >= 0.3 is 0 Å². The summed E-state index contributed by atoms with van der Waals surface area (Å²) in [4.78, 5) is 19.4. The van der Waals surface area contributed by atoms with Crippen LogP contribution in [0, 0.1) is 5.41 Å². The number of ether oxygens (including phenoxy) is 2. The molecule has 0 N–H and O–H groups in total. The van der Waals surface area contributed by atoms with Crippen molar-refractivity contribution >= 4 is 11.6 Å². The van der Waals surface area contributed by atoms with E-state index in [-0.39, 0.29) is 30.3 Å². The van der Waals surface area contributed by atoms with Crippen LogP contribution in [0.1, 0.15) is 40.2 Å². The molecule has 0 atom stereocenters. The Kier molecular flexibility index (Phi) is 3.94. The number of likely N-dealkylation sites (tertiary alicyclic amines) is 1. The summed E-state index contributed by atoms with van der Waals surface area (Å²) in [5.41, 5.74) is 1.51. The van der Waals surface area contributed by atoms with Crippen molar-refractivity contribution in [2.24, 2.45) is 10.6 Å². The third-order valence-corrected chi connectivity index (χ3v) is 5.37. The highest BCUT2D eigenvalue weighted by Gasteiger charge is 2.54. The summed E-state index contributed by atoms with van der Waals surface area (Å²) in [5.74, 6) is 1.38. The van der Waals surface area contributed by atoms with Gasteiger partial charge in [-0.3, -0.25) is 4.79 Å². The summed E-state index contributed by atoms with van der Waals surface area (Å²) >= 11 is 0. The van der Waals surface area contributed by atoms with Crippen LogP contribution in [-0.4, -0.2) is 42.0 Å². The lowest BCUT2D eigenvalue weighted by atomic mass is 9.65. The smallest absolute Gasteiger partial charge is 0.263 e. The van der Waals surface area contributed by atoms with E-state index in [1.54, 1.807) is 0 Å². The van der Waals surface area contributed by atoms with Crippen LogP contribution in [0.4, 0.5) is 0 Å². The summed E-state index contributed by atoms with van der Waals surface area (Å²) in [6.07, 6.45) is 0. The van der Waals surface area contributed by atoms with Crippen LogP contribution in [-0.2, 0) is 9.63 Å². The Bertz CT molecular complexity index is 694. The minimum atomic E-state index is -0.163. The summed E-state index contributed by atoms with van der Waals surface area (Å²) in [6, 6.07) is 5.58. The van der Waals surface area contributed by atoms with E-state index in [1.807, 2.05) is 30.0 Å². The molecule has 6 heteroatoms. The number of fused-ring (bicyclic) bond motifs is 1. The van der Waals surface area contributed by atoms with E-state index in [0.717, 1.165) is 17.9 Å². The molecule has 0 saturated carbocycles. The van der Waals surface area contributed by atoms with Gasteiger partial charge in [0.1, 0.15) is 0 Å².